The molecule has 0 amide bonds. The highest BCUT2D eigenvalue weighted by molar-refractivity contribution is 9.10. The van der Waals surface area contributed by atoms with Gasteiger partial charge in [-0.25, -0.2) is 4.98 Å². The van der Waals surface area contributed by atoms with E-state index in [0.717, 1.165) is 44.5 Å². The molecule has 0 bridgehead atoms. The van der Waals surface area contributed by atoms with Crippen LogP contribution in [0, 0.1) is 0 Å². The standard InChI is InChI=1S/C40H43BrF3N3/c1-24(2)28-12-16-32(17-13-28)47(33-18-14-29(15-19-33)25(3)4)34-21-35(26(5)6)38(36(22-34)27(7)8)46-23-37(40(42,43)44)45-39(46)30-10-9-11-31(41)20-30/h9-27H,1-8H3. The Hall–Kier alpha value is -3.84. The largest absolute Gasteiger partial charge is 0.434 e. The van der Waals surface area contributed by atoms with Gasteiger partial charge in [-0.2, -0.15) is 13.2 Å². The van der Waals surface area contributed by atoms with E-state index in [1.54, 1.807) is 16.7 Å². The molecule has 4 aromatic carbocycles. The molecule has 1 aromatic heterocycles. The molecule has 47 heavy (non-hydrogen) atoms. The molecule has 0 aliphatic heterocycles. The van der Waals surface area contributed by atoms with Crippen LogP contribution in [0.4, 0.5) is 30.2 Å². The monoisotopic (exact) mass is 701 g/mol. The second kappa shape index (κ2) is 13.7. The topological polar surface area (TPSA) is 21.1 Å². The zero-order valence-corrected chi connectivity index (χ0v) is 29.9. The maximum absolute atomic E-state index is 14.2. The van der Waals surface area contributed by atoms with Crippen LogP contribution < -0.4 is 4.90 Å². The quantitative estimate of drug-likeness (QED) is 0.152. The SMILES string of the molecule is CC(C)c1ccc(N(c2ccc(C(C)C)cc2)c2cc(C(C)C)c(-n3cc(C(F)(F)F)nc3-c3cccc(Br)c3)c(C(C)C)c2)cc1. The highest BCUT2D eigenvalue weighted by Crippen LogP contribution is 2.43. The summed E-state index contributed by atoms with van der Waals surface area (Å²) >= 11 is 3.49. The van der Waals surface area contributed by atoms with Crippen LogP contribution in [0.25, 0.3) is 17.1 Å². The Labute approximate surface area is 285 Å². The fourth-order valence-electron chi connectivity index (χ4n) is 5.93. The first-order valence-corrected chi connectivity index (χ1v) is 17.1. The molecule has 246 valence electrons. The molecule has 0 aliphatic carbocycles. The molecule has 0 fully saturated rings. The van der Waals surface area contributed by atoms with Crippen LogP contribution in [0.1, 0.15) is 107 Å². The van der Waals surface area contributed by atoms with Gasteiger partial charge in [0.25, 0.3) is 0 Å². The van der Waals surface area contributed by atoms with E-state index in [-0.39, 0.29) is 17.7 Å². The van der Waals surface area contributed by atoms with Crippen molar-refractivity contribution in [2.24, 2.45) is 0 Å². The van der Waals surface area contributed by atoms with E-state index in [1.165, 1.54) is 11.1 Å². The maximum atomic E-state index is 14.2. The lowest BCUT2D eigenvalue weighted by Crippen LogP contribution is -2.14. The fourth-order valence-corrected chi connectivity index (χ4v) is 6.33. The fraction of sp³-hybridized carbons (Fsp3) is 0.325. The van der Waals surface area contributed by atoms with Gasteiger partial charge >= 0.3 is 6.18 Å². The van der Waals surface area contributed by atoms with E-state index in [9.17, 15) is 13.2 Å². The van der Waals surface area contributed by atoms with Crippen molar-refractivity contribution in [3.8, 4) is 17.1 Å². The number of alkyl halides is 3. The van der Waals surface area contributed by atoms with Gasteiger partial charge in [-0.3, -0.25) is 4.57 Å². The Morgan fingerprint density at radius 3 is 1.53 bits per heavy atom. The van der Waals surface area contributed by atoms with Crippen molar-refractivity contribution in [3.63, 3.8) is 0 Å². The summed E-state index contributed by atoms with van der Waals surface area (Å²) in [6.07, 6.45) is -3.45. The van der Waals surface area contributed by atoms with Crippen molar-refractivity contribution in [3.05, 3.63) is 124 Å². The number of nitrogens with zero attached hydrogens (tertiary/aromatic N) is 3. The molecule has 0 spiro atoms. The zero-order chi connectivity index (χ0) is 34.2. The van der Waals surface area contributed by atoms with E-state index in [4.69, 9.17) is 0 Å². The molecule has 7 heteroatoms. The number of imidazole rings is 1. The third-order valence-electron chi connectivity index (χ3n) is 8.61. The molecule has 5 aromatic rings. The van der Waals surface area contributed by atoms with Crippen LogP contribution in [-0.2, 0) is 6.18 Å². The van der Waals surface area contributed by atoms with E-state index in [2.05, 4.69) is 142 Å². The zero-order valence-electron chi connectivity index (χ0n) is 28.3. The van der Waals surface area contributed by atoms with Crippen LogP contribution >= 0.6 is 15.9 Å². The van der Waals surface area contributed by atoms with Crippen molar-refractivity contribution in [1.82, 2.24) is 9.55 Å². The number of anilines is 3. The van der Waals surface area contributed by atoms with Crippen molar-refractivity contribution in [1.29, 1.82) is 0 Å². The van der Waals surface area contributed by atoms with E-state index in [0.29, 0.717) is 17.4 Å². The number of rotatable bonds is 9. The Morgan fingerprint density at radius 2 is 1.13 bits per heavy atom. The van der Waals surface area contributed by atoms with Crippen LogP contribution in [0.15, 0.2) is 95.6 Å². The van der Waals surface area contributed by atoms with Crippen molar-refractivity contribution < 1.29 is 13.2 Å². The average Bonchev–Trinajstić information content (AvgIpc) is 3.47. The van der Waals surface area contributed by atoms with E-state index in [1.807, 2.05) is 12.1 Å². The highest BCUT2D eigenvalue weighted by atomic mass is 79.9. The molecule has 1 heterocycles. The van der Waals surface area contributed by atoms with Gasteiger partial charge in [0.05, 0.1) is 5.69 Å². The lowest BCUT2D eigenvalue weighted by atomic mass is 9.90. The van der Waals surface area contributed by atoms with Gasteiger partial charge in [0.15, 0.2) is 5.69 Å². The molecular formula is C40H43BrF3N3. The summed E-state index contributed by atoms with van der Waals surface area (Å²) in [6, 6.07) is 28.8. The van der Waals surface area contributed by atoms with Gasteiger partial charge in [0.2, 0.25) is 0 Å². The summed E-state index contributed by atoms with van der Waals surface area (Å²) in [5.74, 6) is 1.06. The Balaban J connectivity index is 1.80. The van der Waals surface area contributed by atoms with Crippen molar-refractivity contribution in [2.45, 2.75) is 85.2 Å². The van der Waals surface area contributed by atoms with Gasteiger partial charge in [-0.05, 0) is 94.5 Å². The molecule has 0 radical (unpaired) electrons. The van der Waals surface area contributed by atoms with E-state index >= 15 is 0 Å². The summed E-state index contributed by atoms with van der Waals surface area (Å²) in [7, 11) is 0. The van der Waals surface area contributed by atoms with Crippen molar-refractivity contribution in [2.75, 3.05) is 4.90 Å². The summed E-state index contributed by atoms with van der Waals surface area (Å²) in [5.41, 5.74) is 7.79. The van der Waals surface area contributed by atoms with Gasteiger partial charge in [-0.1, -0.05) is 108 Å². The molecule has 0 atom stereocenters. The Kier molecular flexibility index (Phi) is 10.1. The number of benzene rings is 4. The lowest BCUT2D eigenvalue weighted by molar-refractivity contribution is -0.140. The number of halogens is 4. The van der Waals surface area contributed by atoms with Crippen LogP contribution in [0.3, 0.4) is 0 Å². The number of hydrogen-bond donors (Lipinski definition) is 0. The maximum Gasteiger partial charge on any atom is 0.434 e. The molecule has 0 unspecified atom stereocenters. The molecule has 0 saturated carbocycles. The third kappa shape index (κ3) is 7.35. The van der Waals surface area contributed by atoms with Gasteiger partial charge < -0.3 is 4.90 Å². The van der Waals surface area contributed by atoms with Gasteiger partial charge in [0.1, 0.15) is 5.82 Å². The second-order valence-corrected chi connectivity index (χ2v) is 14.4. The predicted molar refractivity (Wildman–Crippen MR) is 193 cm³/mol. The highest BCUT2D eigenvalue weighted by Gasteiger charge is 2.36. The van der Waals surface area contributed by atoms with E-state index < -0.39 is 11.9 Å². The first-order chi connectivity index (χ1) is 22.1. The minimum Gasteiger partial charge on any atom is -0.310 e. The summed E-state index contributed by atoms with van der Waals surface area (Å²) in [4.78, 5) is 6.42. The van der Waals surface area contributed by atoms with Crippen LogP contribution in [0.2, 0.25) is 0 Å². The molecule has 0 saturated heterocycles. The smallest absolute Gasteiger partial charge is 0.310 e. The number of aromatic nitrogens is 2. The molecule has 5 rings (SSSR count). The summed E-state index contributed by atoms with van der Waals surface area (Å²) in [6.45, 7) is 17.1. The predicted octanol–water partition coefficient (Wildman–Crippen LogP) is 13.3. The first-order valence-electron chi connectivity index (χ1n) is 16.3. The number of hydrogen-bond acceptors (Lipinski definition) is 2. The molecule has 3 nitrogen and oxygen atoms in total. The molecule has 0 aliphatic rings. The average molecular weight is 703 g/mol. The minimum absolute atomic E-state index is 0.00281. The van der Waals surface area contributed by atoms with Crippen molar-refractivity contribution >= 4 is 33.0 Å². The summed E-state index contributed by atoms with van der Waals surface area (Å²) in [5, 5.41) is 0. The first kappa shape index (κ1) is 34.5. The lowest BCUT2D eigenvalue weighted by Gasteiger charge is -2.30. The minimum atomic E-state index is -4.59. The van der Waals surface area contributed by atoms with Gasteiger partial charge in [0, 0.05) is 33.3 Å². The Morgan fingerprint density at radius 1 is 0.638 bits per heavy atom. The summed E-state index contributed by atoms with van der Waals surface area (Å²) < 4.78 is 45.1. The second-order valence-electron chi connectivity index (χ2n) is 13.4. The van der Waals surface area contributed by atoms with Gasteiger partial charge in [-0.15, -0.1) is 0 Å². The molecule has 0 N–H and O–H groups in total. The van der Waals surface area contributed by atoms with Crippen LogP contribution in [-0.4, -0.2) is 9.55 Å². The third-order valence-corrected chi connectivity index (χ3v) is 9.11. The normalized spacial score (nSPS) is 12.2. The molecular weight excluding hydrogens is 659 g/mol. The van der Waals surface area contributed by atoms with Crippen LogP contribution in [0.5, 0.6) is 0 Å². The Bertz CT molecular complexity index is 1750.